The van der Waals surface area contributed by atoms with E-state index in [4.69, 9.17) is 9.47 Å². The van der Waals surface area contributed by atoms with E-state index < -0.39 is 0 Å². The van der Waals surface area contributed by atoms with Crippen LogP contribution in [0.1, 0.15) is 109 Å². The van der Waals surface area contributed by atoms with Gasteiger partial charge in [-0.1, -0.05) is 142 Å². The summed E-state index contributed by atoms with van der Waals surface area (Å²) in [6, 6.07) is 45.3. The molecule has 1 aromatic heterocycles. The molecule has 0 saturated heterocycles. The zero-order valence-corrected chi connectivity index (χ0v) is 38.5. The molecule has 0 saturated carbocycles. The van der Waals surface area contributed by atoms with E-state index in [1.165, 1.54) is 66.9 Å². The van der Waals surface area contributed by atoms with E-state index in [0.29, 0.717) is 11.8 Å². The van der Waals surface area contributed by atoms with Crippen molar-refractivity contribution in [1.82, 2.24) is 4.57 Å². The maximum atomic E-state index is 7.03. The molecule has 0 bridgehead atoms. The second-order valence-electron chi connectivity index (χ2n) is 20.5. The van der Waals surface area contributed by atoms with Gasteiger partial charge in [0.05, 0.1) is 12.6 Å². The number of aryl methyl sites for hydroxylation is 2. The topological polar surface area (TPSA) is 27.3 Å². The van der Waals surface area contributed by atoms with Crippen LogP contribution < -0.4 is 30.4 Å². The Hall–Kier alpha value is -6.07. The lowest BCUT2D eigenvalue weighted by Crippen LogP contribution is -2.57. The molecule has 0 fully saturated rings. The Labute approximate surface area is 368 Å². The minimum Gasteiger partial charge on any atom is -0.458 e. The summed E-state index contributed by atoms with van der Waals surface area (Å²) in [7, 11) is 2.22. The minimum absolute atomic E-state index is 0.00219. The highest BCUT2D eigenvalue weighted by Gasteiger charge is 2.42. The van der Waals surface area contributed by atoms with Crippen LogP contribution in [0.25, 0.3) is 50.0 Å². The quantitative estimate of drug-likeness (QED) is 0.128. The number of ether oxygens (including phenoxy) is 2. The van der Waals surface area contributed by atoms with Gasteiger partial charge < -0.3 is 9.47 Å². The van der Waals surface area contributed by atoms with Gasteiger partial charge in [-0.3, -0.25) is 0 Å². The van der Waals surface area contributed by atoms with Crippen LogP contribution in [0.3, 0.4) is 0 Å². The molecule has 0 N–H and O–H groups in total. The summed E-state index contributed by atoms with van der Waals surface area (Å²) in [6.07, 6.45) is 0. The molecule has 0 aliphatic carbocycles. The average molecular weight is 814 g/mol. The summed E-state index contributed by atoms with van der Waals surface area (Å²) < 4.78 is 18.9. The maximum absolute atomic E-state index is 7.03. The van der Waals surface area contributed by atoms with E-state index in [-0.39, 0.29) is 17.5 Å². The predicted molar refractivity (Wildman–Crippen MR) is 261 cm³/mol. The normalized spacial score (nSPS) is 13.4. The Morgan fingerprint density at radius 2 is 1.19 bits per heavy atom. The number of hydrogen-bond acceptors (Lipinski definition) is 2. The third-order valence-corrected chi connectivity index (χ3v) is 13.6. The van der Waals surface area contributed by atoms with E-state index in [1.807, 2.05) is 0 Å². The minimum atomic E-state index is -0.0102. The van der Waals surface area contributed by atoms with Crippen molar-refractivity contribution >= 4 is 44.9 Å². The average Bonchev–Trinajstić information content (AvgIpc) is 3.52. The summed E-state index contributed by atoms with van der Waals surface area (Å²) in [5.74, 6) is 5.45. The van der Waals surface area contributed by atoms with Crippen LogP contribution in [0.2, 0.25) is 0 Å². The van der Waals surface area contributed by atoms with Gasteiger partial charge in [0.1, 0.15) is 28.7 Å². The molecule has 2 aliphatic heterocycles. The molecule has 0 amide bonds. The van der Waals surface area contributed by atoms with E-state index >= 15 is 0 Å². The molecule has 10 rings (SSSR count). The first-order valence-corrected chi connectivity index (χ1v) is 22.5. The van der Waals surface area contributed by atoms with Crippen LogP contribution in [0.15, 0.2) is 121 Å². The van der Waals surface area contributed by atoms with Crippen LogP contribution >= 0.6 is 0 Å². The fourth-order valence-corrected chi connectivity index (χ4v) is 10.1. The molecule has 3 heterocycles. The van der Waals surface area contributed by atoms with Crippen molar-refractivity contribution in [1.29, 1.82) is 0 Å². The number of fused-ring (bicyclic) bond motifs is 7. The lowest BCUT2D eigenvalue weighted by Gasteiger charge is -2.35. The summed E-state index contributed by atoms with van der Waals surface area (Å²) >= 11 is 0. The van der Waals surface area contributed by atoms with Crippen molar-refractivity contribution in [3.8, 4) is 51.2 Å². The number of benzene rings is 7. The molecule has 7 aromatic carbocycles. The summed E-state index contributed by atoms with van der Waals surface area (Å²) in [5.41, 5.74) is 17.3. The van der Waals surface area contributed by atoms with E-state index in [1.54, 1.807) is 0 Å². The number of rotatable bonds is 5. The summed E-state index contributed by atoms with van der Waals surface area (Å²) in [4.78, 5) is 0. The summed E-state index contributed by atoms with van der Waals surface area (Å²) in [5, 5.41) is 2.18. The third-order valence-electron chi connectivity index (χ3n) is 13.6. The Balaban J connectivity index is 1.19. The Morgan fingerprint density at radius 3 is 1.81 bits per heavy atom. The SMILES string of the molecule is Cc1ccccc1-c1n(-c2c(C(C)C)cccc2C(C)C)c2cc(-c3ccc4c5c6c(cc4c3)Oc3ccc(C(C)(C)C)cc3B6c3cc(C(C)(C)C)ccc3O5)ccc2[n+]1C. The van der Waals surface area contributed by atoms with Crippen LogP contribution in [-0.4, -0.2) is 11.3 Å². The molecule has 62 heavy (non-hydrogen) atoms. The van der Waals surface area contributed by atoms with Crippen LogP contribution in [0.4, 0.5) is 0 Å². The van der Waals surface area contributed by atoms with Gasteiger partial charge >= 0.3 is 0 Å². The molecule has 0 radical (unpaired) electrons. The Morgan fingerprint density at radius 1 is 0.597 bits per heavy atom. The van der Waals surface area contributed by atoms with Gasteiger partial charge in [-0.05, 0) is 122 Å². The number of aromatic nitrogens is 2. The van der Waals surface area contributed by atoms with Crippen molar-refractivity contribution in [2.75, 3.05) is 0 Å². The lowest BCUT2D eigenvalue weighted by atomic mass is 9.34. The van der Waals surface area contributed by atoms with Crippen LogP contribution in [0.5, 0.6) is 23.0 Å². The van der Waals surface area contributed by atoms with Gasteiger partial charge in [0.15, 0.2) is 11.0 Å². The molecule has 0 spiro atoms. The van der Waals surface area contributed by atoms with Crippen molar-refractivity contribution in [3.05, 3.63) is 149 Å². The number of para-hydroxylation sites is 1. The van der Waals surface area contributed by atoms with E-state index in [9.17, 15) is 0 Å². The van der Waals surface area contributed by atoms with Crippen molar-refractivity contribution < 1.29 is 14.0 Å². The molecule has 0 atom stereocenters. The van der Waals surface area contributed by atoms with Gasteiger partial charge in [0.2, 0.25) is 0 Å². The highest BCUT2D eigenvalue weighted by Crippen LogP contribution is 2.43. The fraction of sp³-hybridized carbons (Fsp3) is 0.281. The molecule has 0 unspecified atom stereocenters. The van der Waals surface area contributed by atoms with Gasteiger partial charge in [0, 0.05) is 22.0 Å². The highest BCUT2D eigenvalue weighted by atomic mass is 16.5. The smallest absolute Gasteiger partial charge is 0.295 e. The fourth-order valence-electron chi connectivity index (χ4n) is 10.1. The lowest BCUT2D eigenvalue weighted by molar-refractivity contribution is -0.633. The van der Waals surface area contributed by atoms with Gasteiger partial charge in [-0.15, -0.1) is 0 Å². The maximum Gasteiger partial charge on any atom is 0.295 e. The number of nitrogens with zero attached hydrogens (tertiary/aromatic N) is 2. The zero-order chi connectivity index (χ0) is 43.6. The largest absolute Gasteiger partial charge is 0.458 e. The standard InChI is InChI=1S/C57H58BN2O2/c1-33(2)41-18-15-19-42(34(3)4)53(41)60-48-29-37(21-25-47(48)59(12)55(60)43-17-14-13-16-35(43)5)36-20-24-44-38(28-36)30-51-52-54(44)62-50-27-23-40(57(9,10)11)32-46(50)58(52)45-31-39(56(6,7)8)22-26-49(45)61-51/h13-34H,1-12H3/q+1. The molecular weight excluding hydrogens is 755 g/mol. The molecule has 2 aliphatic rings. The van der Waals surface area contributed by atoms with Crippen molar-refractivity contribution in [2.24, 2.45) is 7.05 Å². The van der Waals surface area contributed by atoms with Gasteiger partial charge in [0.25, 0.3) is 12.5 Å². The molecule has 4 nitrogen and oxygen atoms in total. The second-order valence-corrected chi connectivity index (χ2v) is 20.5. The first-order chi connectivity index (χ1) is 29.5. The van der Waals surface area contributed by atoms with Crippen molar-refractivity contribution in [2.45, 2.75) is 98.8 Å². The monoisotopic (exact) mass is 813 g/mol. The molecular formula is C57H58BN2O2+. The first kappa shape index (κ1) is 40.0. The zero-order valence-electron chi connectivity index (χ0n) is 38.5. The Kier molecular flexibility index (Phi) is 9.19. The molecule has 310 valence electrons. The predicted octanol–water partition coefficient (Wildman–Crippen LogP) is 12.8. The third kappa shape index (κ3) is 6.30. The van der Waals surface area contributed by atoms with Gasteiger partial charge in [-0.25, -0.2) is 4.57 Å². The first-order valence-electron chi connectivity index (χ1n) is 22.5. The van der Waals surface area contributed by atoms with Gasteiger partial charge in [-0.2, -0.15) is 4.57 Å². The van der Waals surface area contributed by atoms with Crippen LogP contribution in [0, 0.1) is 6.92 Å². The van der Waals surface area contributed by atoms with E-state index in [2.05, 4.69) is 214 Å². The van der Waals surface area contributed by atoms with Crippen molar-refractivity contribution in [3.63, 3.8) is 0 Å². The Bertz CT molecular complexity index is 3080. The number of hydrogen-bond donors (Lipinski definition) is 0. The number of imidazole rings is 1. The summed E-state index contributed by atoms with van der Waals surface area (Å²) in [6.45, 7) is 25.2. The highest BCUT2D eigenvalue weighted by molar-refractivity contribution is 6.98. The second kappa shape index (κ2) is 14.2. The van der Waals surface area contributed by atoms with E-state index in [0.717, 1.165) is 50.4 Å². The van der Waals surface area contributed by atoms with Crippen LogP contribution in [-0.2, 0) is 17.9 Å². The molecule has 8 aromatic rings. The molecule has 5 heteroatoms.